The smallest absolute Gasteiger partial charge is 0.0323 e. The van der Waals surface area contributed by atoms with Crippen molar-refractivity contribution in [1.82, 2.24) is 10.2 Å². The van der Waals surface area contributed by atoms with Crippen LogP contribution in [0.25, 0.3) is 10.8 Å². The van der Waals surface area contributed by atoms with Gasteiger partial charge in [-0.2, -0.15) is 0 Å². The van der Waals surface area contributed by atoms with E-state index >= 15 is 0 Å². The Morgan fingerprint density at radius 2 is 2.00 bits per heavy atom. The van der Waals surface area contributed by atoms with Gasteiger partial charge in [-0.1, -0.05) is 42.5 Å². The van der Waals surface area contributed by atoms with E-state index in [9.17, 15) is 0 Å². The fourth-order valence-corrected chi connectivity index (χ4v) is 3.27. The average Bonchev–Trinajstić information content (AvgIpc) is 2.99. The van der Waals surface area contributed by atoms with Gasteiger partial charge in [-0.3, -0.25) is 4.90 Å². The molecule has 106 valence electrons. The van der Waals surface area contributed by atoms with Crippen molar-refractivity contribution in [2.75, 3.05) is 20.1 Å². The molecule has 2 aromatic carbocycles. The number of hydrogen-bond donors (Lipinski definition) is 1. The van der Waals surface area contributed by atoms with Crippen molar-refractivity contribution in [3.63, 3.8) is 0 Å². The van der Waals surface area contributed by atoms with Gasteiger partial charge in [0.15, 0.2) is 0 Å². The second-order valence-corrected chi connectivity index (χ2v) is 5.98. The van der Waals surface area contributed by atoms with E-state index in [4.69, 9.17) is 0 Å². The molecular formula is C18H24N2. The second kappa shape index (κ2) is 5.94. The Hall–Kier alpha value is -1.38. The molecule has 0 radical (unpaired) electrons. The lowest BCUT2D eigenvalue weighted by atomic mass is 9.98. The highest BCUT2D eigenvalue weighted by atomic mass is 15.2. The molecule has 1 N–H and O–H groups in total. The molecule has 1 saturated heterocycles. The lowest BCUT2D eigenvalue weighted by Crippen LogP contribution is -2.36. The maximum Gasteiger partial charge on any atom is 0.0323 e. The lowest BCUT2D eigenvalue weighted by molar-refractivity contribution is 0.239. The minimum atomic E-state index is 0.448. The van der Waals surface area contributed by atoms with E-state index < -0.39 is 0 Å². The van der Waals surface area contributed by atoms with Crippen molar-refractivity contribution >= 4 is 10.8 Å². The highest BCUT2D eigenvalue weighted by Gasteiger charge is 2.20. The largest absolute Gasteiger partial charge is 0.313 e. The molecule has 0 amide bonds. The Kier molecular flexibility index (Phi) is 4.04. The second-order valence-electron chi connectivity index (χ2n) is 5.98. The number of likely N-dealkylation sites (N-methyl/N-ethyl adjacent to an activating group) is 1. The highest BCUT2D eigenvalue weighted by molar-refractivity contribution is 5.86. The summed E-state index contributed by atoms with van der Waals surface area (Å²) < 4.78 is 0. The maximum absolute atomic E-state index is 3.59. The molecule has 2 aromatic rings. The van der Waals surface area contributed by atoms with Gasteiger partial charge in [-0.25, -0.2) is 0 Å². The van der Waals surface area contributed by atoms with Crippen molar-refractivity contribution in [3.05, 3.63) is 48.0 Å². The van der Waals surface area contributed by atoms with Gasteiger partial charge in [0.05, 0.1) is 0 Å². The van der Waals surface area contributed by atoms with Crippen LogP contribution in [0.5, 0.6) is 0 Å². The predicted octanol–water partition coefficient (Wildman–Crippen LogP) is 3.58. The third kappa shape index (κ3) is 2.72. The van der Waals surface area contributed by atoms with Crippen LogP contribution in [0, 0.1) is 0 Å². The molecule has 2 atom stereocenters. The fourth-order valence-electron chi connectivity index (χ4n) is 3.27. The van der Waals surface area contributed by atoms with Gasteiger partial charge in [-0.05, 0) is 49.7 Å². The van der Waals surface area contributed by atoms with Crippen LogP contribution >= 0.6 is 0 Å². The van der Waals surface area contributed by atoms with Gasteiger partial charge in [0.1, 0.15) is 0 Å². The molecule has 1 aliphatic heterocycles. The van der Waals surface area contributed by atoms with Gasteiger partial charge in [-0.15, -0.1) is 0 Å². The Morgan fingerprint density at radius 1 is 1.20 bits per heavy atom. The van der Waals surface area contributed by atoms with E-state index in [1.54, 1.807) is 0 Å². The first-order valence-electron chi connectivity index (χ1n) is 7.67. The minimum Gasteiger partial charge on any atom is -0.313 e. The predicted molar refractivity (Wildman–Crippen MR) is 86.0 cm³/mol. The number of benzene rings is 2. The summed E-state index contributed by atoms with van der Waals surface area (Å²) in [4.78, 5) is 2.48. The fraction of sp³-hybridized carbons (Fsp3) is 0.444. The zero-order chi connectivity index (χ0) is 13.9. The van der Waals surface area contributed by atoms with E-state index in [2.05, 4.69) is 66.7 Å². The summed E-state index contributed by atoms with van der Waals surface area (Å²) in [5, 5.41) is 6.31. The molecule has 0 aromatic heterocycles. The van der Waals surface area contributed by atoms with Gasteiger partial charge < -0.3 is 5.32 Å². The van der Waals surface area contributed by atoms with Crippen LogP contribution in [0.4, 0.5) is 0 Å². The summed E-state index contributed by atoms with van der Waals surface area (Å²) in [6, 6.07) is 16.4. The first kappa shape index (κ1) is 13.6. The maximum atomic E-state index is 3.59. The summed E-state index contributed by atoms with van der Waals surface area (Å²) in [6.07, 6.45) is 2.63. The van der Waals surface area contributed by atoms with Crippen LogP contribution in [-0.2, 0) is 0 Å². The molecule has 1 aliphatic rings. The van der Waals surface area contributed by atoms with Gasteiger partial charge in [0.25, 0.3) is 0 Å². The van der Waals surface area contributed by atoms with Crippen LogP contribution in [-0.4, -0.2) is 31.1 Å². The third-order valence-corrected chi connectivity index (χ3v) is 4.61. The van der Waals surface area contributed by atoms with Crippen molar-refractivity contribution in [1.29, 1.82) is 0 Å². The van der Waals surface area contributed by atoms with Crippen molar-refractivity contribution in [2.45, 2.75) is 31.8 Å². The zero-order valence-electron chi connectivity index (χ0n) is 12.5. The number of hydrogen-bond acceptors (Lipinski definition) is 2. The standard InChI is InChI=1S/C18H24N2/c1-14(20(2)13-16-9-6-12-19-16)17-11-5-8-15-7-3-4-10-18(15)17/h3-5,7-8,10-11,14,16,19H,6,9,12-13H2,1-2H3. The minimum absolute atomic E-state index is 0.448. The monoisotopic (exact) mass is 268 g/mol. The van der Waals surface area contributed by atoms with E-state index in [0.717, 1.165) is 6.54 Å². The van der Waals surface area contributed by atoms with E-state index in [1.807, 2.05) is 0 Å². The molecule has 2 heteroatoms. The van der Waals surface area contributed by atoms with Crippen molar-refractivity contribution < 1.29 is 0 Å². The molecule has 0 saturated carbocycles. The first-order valence-corrected chi connectivity index (χ1v) is 7.67. The van der Waals surface area contributed by atoms with E-state index in [-0.39, 0.29) is 0 Å². The van der Waals surface area contributed by atoms with Crippen molar-refractivity contribution in [3.8, 4) is 0 Å². The molecule has 1 heterocycles. The van der Waals surface area contributed by atoms with Crippen LogP contribution in [0.15, 0.2) is 42.5 Å². The Balaban J connectivity index is 1.82. The van der Waals surface area contributed by atoms with Crippen molar-refractivity contribution in [2.24, 2.45) is 0 Å². The summed E-state index contributed by atoms with van der Waals surface area (Å²) >= 11 is 0. The van der Waals surface area contributed by atoms with Crippen LogP contribution < -0.4 is 5.32 Å². The Labute approximate surface area is 121 Å². The zero-order valence-corrected chi connectivity index (χ0v) is 12.5. The summed E-state index contributed by atoms with van der Waals surface area (Å²) in [5.41, 5.74) is 1.43. The normalized spacial score (nSPS) is 20.6. The van der Waals surface area contributed by atoms with E-state index in [0.29, 0.717) is 12.1 Å². The molecule has 2 nitrogen and oxygen atoms in total. The molecule has 1 fully saturated rings. The average molecular weight is 268 g/mol. The quantitative estimate of drug-likeness (QED) is 0.911. The molecule has 0 aliphatic carbocycles. The summed E-state index contributed by atoms with van der Waals surface area (Å²) in [6.45, 7) is 4.63. The number of nitrogens with one attached hydrogen (secondary N) is 1. The Morgan fingerprint density at radius 3 is 2.80 bits per heavy atom. The van der Waals surface area contributed by atoms with Gasteiger partial charge in [0, 0.05) is 18.6 Å². The highest BCUT2D eigenvalue weighted by Crippen LogP contribution is 2.27. The first-order chi connectivity index (χ1) is 9.75. The van der Waals surface area contributed by atoms with Crippen LogP contribution in [0.1, 0.15) is 31.4 Å². The Bertz CT molecular complexity index is 567. The van der Waals surface area contributed by atoms with Gasteiger partial charge in [0.2, 0.25) is 0 Å². The topological polar surface area (TPSA) is 15.3 Å². The number of fused-ring (bicyclic) bond motifs is 1. The van der Waals surface area contributed by atoms with E-state index in [1.165, 1.54) is 35.7 Å². The lowest BCUT2D eigenvalue weighted by Gasteiger charge is -2.28. The van der Waals surface area contributed by atoms with Gasteiger partial charge >= 0.3 is 0 Å². The third-order valence-electron chi connectivity index (χ3n) is 4.61. The molecule has 20 heavy (non-hydrogen) atoms. The van der Waals surface area contributed by atoms with Crippen LogP contribution in [0.2, 0.25) is 0 Å². The molecule has 3 rings (SSSR count). The molecule has 0 spiro atoms. The SMILES string of the molecule is CC(c1cccc2ccccc12)N(C)CC1CCCN1. The number of nitrogens with zero attached hydrogens (tertiary/aromatic N) is 1. The summed E-state index contributed by atoms with van der Waals surface area (Å²) in [5.74, 6) is 0. The van der Waals surface area contributed by atoms with Crippen LogP contribution in [0.3, 0.4) is 0 Å². The molecular weight excluding hydrogens is 244 g/mol. The number of rotatable bonds is 4. The summed E-state index contributed by atoms with van der Waals surface area (Å²) in [7, 11) is 2.24. The molecule has 2 unspecified atom stereocenters. The molecule has 0 bridgehead atoms.